The third kappa shape index (κ3) is 3.84. The fourth-order valence-corrected chi connectivity index (χ4v) is 4.33. The fraction of sp³-hybridized carbons (Fsp3) is 0.292. The molecule has 2 aliphatic rings. The Morgan fingerprint density at radius 1 is 1.28 bits per heavy atom. The van der Waals surface area contributed by atoms with E-state index in [1.165, 1.54) is 6.07 Å². The van der Waals surface area contributed by atoms with Crippen LogP contribution >= 0.6 is 0 Å². The van der Waals surface area contributed by atoms with Crippen LogP contribution in [0.3, 0.4) is 0 Å². The molecule has 1 aromatic heterocycles. The average Bonchev–Trinajstić information content (AvgIpc) is 3.35. The van der Waals surface area contributed by atoms with E-state index >= 15 is 0 Å². The maximum atomic E-state index is 14.8. The highest BCUT2D eigenvalue weighted by atomic mass is 19.1. The van der Waals surface area contributed by atoms with Crippen molar-refractivity contribution in [1.29, 1.82) is 0 Å². The summed E-state index contributed by atoms with van der Waals surface area (Å²) in [6, 6.07) is 10.0. The van der Waals surface area contributed by atoms with Crippen molar-refractivity contribution < 1.29 is 28.5 Å². The van der Waals surface area contributed by atoms with E-state index in [2.05, 4.69) is 9.97 Å². The Kier molecular flexibility index (Phi) is 5.13. The van der Waals surface area contributed by atoms with Gasteiger partial charge in [-0.3, -0.25) is 4.79 Å². The second-order valence-electron chi connectivity index (χ2n) is 7.93. The molecular weight excluding hydrogens is 415 g/mol. The lowest BCUT2D eigenvalue weighted by Crippen LogP contribution is -2.07. The molecule has 8 heteroatoms. The number of hydrogen-bond acceptors (Lipinski definition) is 6. The minimum Gasteiger partial charge on any atom is -0.492 e. The predicted molar refractivity (Wildman–Crippen MR) is 112 cm³/mol. The smallest absolute Gasteiger partial charge is 0.304 e. The Hall–Kier alpha value is -3.68. The van der Waals surface area contributed by atoms with Gasteiger partial charge < -0.3 is 19.3 Å². The van der Waals surface area contributed by atoms with E-state index in [9.17, 15) is 9.18 Å². The Morgan fingerprint density at radius 2 is 2.16 bits per heavy atom. The Morgan fingerprint density at radius 3 is 2.97 bits per heavy atom. The SMILES string of the molecule is Cc1nccc(Oc2ccc(F)c3c2CCC3Oc2ccc3c(c2)OCC3CC(=O)O)n1. The molecule has 32 heavy (non-hydrogen) atoms. The fourth-order valence-electron chi connectivity index (χ4n) is 4.33. The van der Waals surface area contributed by atoms with E-state index in [4.69, 9.17) is 19.3 Å². The first-order chi connectivity index (χ1) is 15.5. The van der Waals surface area contributed by atoms with Gasteiger partial charge in [0.25, 0.3) is 0 Å². The number of carbonyl (C=O) groups is 1. The van der Waals surface area contributed by atoms with Gasteiger partial charge in [0.15, 0.2) is 0 Å². The highest BCUT2D eigenvalue weighted by Gasteiger charge is 2.32. The summed E-state index contributed by atoms with van der Waals surface area (Å²) in [5.41, 5.74) is 2.11. The zero-order chi connectivity index (χ0) is 22.2. The van der Waals surface area contributed by atoms with Crippen molar-refractivity contribution in [1.82, 2.24) is 9.97 Å². The summed E-state index contributed by atoms with van der Waals surface area (Å²) >= 11 is 0. The van der Waals surface area contributed by atoms with Crippen LogP contribution in [0.15, 0.2) is 42.6 Å². The number of hydrogen-bond donors (Lipinski definition) is 1. The normalized spacial score (nSPS) is 18.6. The molecule has 164 valence electrons. The zero-order valence-electron chi connectivity index (χ0n) is 17.4. The second-order valence-corrected chi connectivity index (χ2v) is 7.93. The maximum absolute atomic E-state index is 14.8. The number of carboxylic acids is 1. The second kappa shape index (κ2) is 8.11. The van der Waals surface area contributed by atoms with E-state index in [-0.39, 0.29) is 18.2 Å². The van der Waals surface area contributed by atoms with Crippen LogP contribution in [0.4, 0.5) is 4.39 Å². The number of ether oxygens (including phenoxy) is 3. The minimum atomic E-state index is -0.861. The number of halogens is 1. The summed E-state index contributed by atoms with van der Waals surface area (Å²) in [5.74, 6) is 1.34. The number of benzene rings is 2. The molecule has 7 nitrogen and oxygen atoms in total. The average molecular weight is 436 g/mol. The number of rotatable bonds is 6. The molecule has 0 saturated heterocycles. The van der Waals surface area contributed by atoms with Gasteiger partial charge in [-0.15, -0.1) is 0 Å². The van der Waals surface area contributed by atoms with Crippen LogP contribution in [-0.2, 0) is 11.2 Å². The van der Waals surface area contributed by atoms with Gasteiger partial charge in [0.05, 0.1) is 13.0 Å². The van der Waals surface area contributed by atoms with Crippen LogP contribution in [0.5, 0.6) is 23.1 Å². The lowest BCUT2D eigenvalue weighted by molar-refractivity contribution is -0.137. The van der Waals surface area contributed by atoms with E-state index < -0.39 is 12.1 Å². The lowest BCUT2D eigenvalue weighted by Gasteiger charge is -2.17. The van der Waals surface area contributed by atoms with Crippen molar-refractivity contribution in [3.63, 3.8) is 0 Å². The van der Waals surface area contributed by atoms with Gasteiger partial charge in [0.2, 0.25) is 5.88 Å². The Balaban J connectivity index is 1.38. The highest BCUT2D eigenvalue weighted by molar-refractivity contribution is 5.68. The largest absolute Gasteiger partial charge is 0.492 e. The molecule has 1 aliphatic heterocycles. The van der Waals surface area contributed by atoms with E-state index in [1.54, 1.807) is 37.4 Å². The number of fused-ring (bicyclic) bond motifs is 2. The molecule has 0 radical (unpaired) electrons. The van der Waals surface area contributed by atoms with Crippen LogP contribution in [0.2, 0.25) is 0 Å². The Bertz CT molecular complexity index is 1200. The minimum absolute atomic E-state index is 0.0169. The van der Waals surface area contributed by atoms with Crippen molar-refractivity contribution >= 4 is 5.97 Å². The van der Waals surface area contributed by atoms with Crippen molar-refractivity contribution in [3.8, 4) is 23.1 Å². The molecule has 3 aromatic rings. The molecule has 2 atom stereocenters. The monoisotopic (exact) mass is 436 g/mol. The van der Waals surface area contributed by atoms with Crippen LogP contribution in [0.25, 0.3) is 0 Å². The summed E-state index contributed by atoms with van der Waals surface area (Å²) in [6.07, 6.45) is 2.39. The van der Waals surface area contributed by atoms with Crippen molar-refractivity contribution in [2.45, 2.75) is 38.2 Å². The zero-order valence-corrected chi connectivity index (χ0v) is 17.4. The first-order valence-corrected chi connectivity index (χ1v) is 10.4. The van der Waals surface area contributed by atoms with Crippen LogP contribution in [-0.4, -0.2) is 27.7 Å². The van der Waals surface area contributed by atoms with Gasteiger partial charge in [0, 0.05) is 40.9 Å². The van der Waals surface area contributed by atoms with Gasteiger partial charge in [-0.05, 0) is 38.0 Å². The molecule has 5 rings (SSSR count). The number of aliphatic carboxylic acids is 1. The van der Waals surface area contributed by atoms with Gasteiger partial charge >= 0.3 is 5.97 Å². The van der Waals surface area contributed by atoms with Crippen molar-refractivity contribution in [3.05, 3.63) is 70.9 Å². The van der Waals surface area contributed by atoms with Crippen LogP contribution in [0, 0.1) is 12.7 Å². The van der Waals surface area contributed by atoms with Gasteiger partial charge in [-0.25, -0.2) is 9.37 Å². The van der Waals surface area contributed by atoms with Crippen molar-refractivity contribution in [2.75, 3.05) is 6.61 Å². The molecule has 2 aromatic carbocycles. The third-order valence-corrected chi connectivity index (χ3v) is 5.77. The molecule has 0 fully saturated rings. The summed E-state index contributed by atoms with van der Waals surface area (Å²) in [6.45, 7) is 2.10. The van der Waals surface area contributed by atoms with E-state index in [1.807, 2.05) is 6.07 Å². The molecule has 1 N–H and O–H groups in total. The number of aromatic nitrogens is 2. The quantitative estimate of drug-likeness (QED) is 0.597. The molecule has 0 bridgehead atoms. The van der Waals surface area contributed by atoms with Gasteiger partial charge in [-0.2, -0.15) is 4.98 Å². The summed E-state index contributed by atoms with van der Waals surface area (Å²) in [7, 11) is 0. The highest BCUT2D eigenvalue weighted by Crippen LogP contribution is 2.44. The predicted octanol–water partition coefficient (Wildman–Crippen LogP) is 4.73. The lowest BCUT2D eigenvalue weighted by atomic mass is 9.98. The maximum Gasteiger partial charge on any atom is 0.304 e. The molecule has 2 unspecified atom stereocenters. The topological polar surface area (TPSA) is 90.8 Å². The molecule has 0 spiro atoms. The summed E-state index contributed by atoms with van der Waals surface area (Å²) < 4.78 is 32.5. The molecular formula is C24H21FN2O5. The van der Waals surface area contributed by atoms with Gasteiger partial charge in [-0.1, -0.05) is 6.07 Å². The molecule has 2 heterocycles. The van der Waals surface area contributed by atoms with Gasteiger partial charge in [0.1, 0.15) is 35.0 Å². The Labute approximate surface area is 183 Å². The standard InChI is InChI=1S/C24H21FN2O5/c1-13-26-9-8-22(27-13)32-19-7-5-18(25)24-17(19)4-6-20(24)31-15-2-3-16-14(10-23(28)29)12-30-21(16)11-15/h2-3,5,7-9,11,14,20H,4,6,10,12H2,1H3,(H,28,29). The van der Waals surface area contributed by atoms with Crippen LogP contribution < -0.4 is 14.2 Å². The summed E-state index contributed by atoms with van der Waals surface area (Å²) in [5, 5.41) is 9.06. The number of carboxylic acid groups (broad SMARTS) is 1. The van der Waals surface area contributed by atoms with E-state index in [0.717, 1.165) is 11.1 Å². The molecule has 0 amide bonds. The molecule has 0 saturated carbocycles. The van der Waals surface area contributed by atoms with Crippen molar-refractivity contribution in [2.24, 2.45) is 0 Å². The number of aryl methyl sites for hydroxylation is 1. The number of nitrogens with zero attached hydrogens (tertiary/aromatic N) is 2. The first kappa shape index (κ1) is 20.2. The van der Waals surface area contributed by atoms with Crippen LogP contribution in [0.1, 0.15) is 47.4 Å². The first-order valence-electron chi connectivity index (χ1n) is 10.4. The molecule has 1 aliphatic carbocycles. The third-order valence-electron chi connectivity index (χ3n) is 5.77. The summed E-state index contributed by atoms with van der Waals surface area (Å²) in [4.78, 5) is 19.3. The van der Waals surface area contributed by atoms with E-state index in [0.29, 0.717) is 54.0 Å².